The molecule has 3 rings (SSSR count). The summed E-state index contributed by atoms with van der Waals surface area (Å²) in [5, 5.41) is 0.981. The topological polar surface area (TPSA) is 56.7 Å². The molecule has 0 amide bonds. The number of anilines is 1. The van der Waals surface area contributed by atoms with Crippen molar-refractivity contribution in [1.29, 1.82) is 0 Å². The van der Waals surface area contributed by atoms with Crippen molar-refractivity contribution >= 4 is 28.2 Å². The van der Waals surface area contributed by atoms with Crippen molar-refractivity contribution in [1.82, 2.24) is 14.5 Å². The molecule has 4 nitrogen and oxygen atoms in total. The fourth-order valence-electron chi connectivity index (χ4n) is 2.57. The number of nitrogen functional groups attached to an aromatic ring is 1. The van der Waals surface area contributed by atoms with Crippen molar-refractivity contribution in [2.75, 3.05) is 5.73 Å². The van der Waals surface area contributed by atoms with Gasteiger partial charge in [0, 0.05) is 15.4 Å². The van der Waals surface area contributed by atoms with E-state index in [1.807, 2.05) is 11.3 Å². The van der Waals surface area contributed by atoms with Gasteiger partial charge in [-0.3, -0.25) is 0 Å². The van der Waals surface area contributed by atoms with E-state index < -0.39 is 0 Å². The standard InChI is InChI=1S/C15H18N4S/c1-8-5-12(20-11(8)4)6-19-10(3)9(2)13-14(16)17-7-18-15(13)19/h5,7H,6H2,1-4H3,(H2,16,17,18). The van der Waals surface area contributed by atoms with E-state index in [0.717, 1.165) is 17.6 Å². The van der Waals surface area contributed by atoms with Crippen LogP contribution < -0.4 is 5.73 Å². The predicted octanol–water partition coefficient (Wildman–Crippen LogP) is 3.36. The summed E-state index contributed by atoms with van der Waals surface area (Å²) < 4.78 is 2.23. The molecule has 0 spiro atoms. The molecule has 3 aromatic heterocycles. The highest BCUT2D eigenvalue weighted by Crippen LogP contribution is 2.29. The number of nitrogens with zero attached hydrogens (tertiary/aromatic N) is 3. The third-order valence-electron chi connectivity index (χ3n) is 3.97. The first-order chi connectivity index (χ1) is 9.49. The number of aromatic nitrogens is 3. The molecule has 104 valence electrons. The number of thiophene rings is 1. The van der Waals surface area contributed by atoms with E-state index in [2.05, 4.69) is 48.3 Å². The number of fused-ring (bicyclic) bond motifs is 1. The van der Waals surface area contributed by atoms with Crippen LogP contribution in [0.3, 0.4) is 0 Å². The van der Waals surface area contributed by atoms with E-state index in [1.165, 1.54) is 32.9 Å². The molecule has 0 saturated carbocycles. The molecule has 3 aromatic rings. The summed E-state index contributed by atoms with van der Waals surface area (Å²) in [6.45, 7) is 9.35. The fourth-order valence-corrected chi connectivity index (χ4v) is 3.62. The van der Waals surface area contributed by atoms with Gasteiger partial charge in [-0.15, -0.1) is 11.3 Å². The van der Waals surface area contributed by atoms with Crippen LogP contribution in [-0.4, -0.2) is 14.5 Å². The van der Waals surface area contributed by atoms with Crippen LogP contribution in [0.1, 0.15) is 26.6 Å². The van der Waals surface area contributed by atoms with E-state index in [9.17, 15) is 0 Å². The Labute approximate surface area is 122 Å². The first kappa shape index (κ1) is 13.1. The minimum Gasteiger partial charge on any atom is -0.383 e. The van der Waals surface area contributed by atoms with Crippen LogP contribution in [0, 0.1) is 27.7 Å². The quantitative estimate of drug-likeness (QED) is 0.786. The Hall–Kier alpha value is -1.88. The van der Waals surface area contributed by atoms with Crippen LogP contribution in [0.2, 0.25) is 0 Å². The van der Waals surface area contributed by atoms with Gasteiger partial charge in [-0.2, -0.15) is 0 Å². The van der Waals surface area contributed by atoms with Crippen molar-refractivity contribution in [3.8, 4) is 0 Å². The molecule has 3 heterocycles. The molecule has 0 unspecified atom stereocenters. The summed E-state index contributed by atoms with van der Waals surface area (Å²) >= 11 is 1.84. The van der Waals surface area contributed by atoms with Crippen LogP contribution in [-0.2, 0) is 6.54 Å². The molecule has 0 bridgehead atoms. The largest absolute Gasteiger partial charge is 0.383 e. The molecular weight excluding hydrogens is 268 g/mol. The molecule has 0 radical (unpaired) electrons. The van der Waals surface area contributed by atoms with Crippen LogP contribution in [0.5, 0.6) is 0 Å². The Morgan fingerprint density at radius 3 is 2.60 bits per heavy atom. The van der Waals surface area contributed by atoms with E-state index in [0.29, 0.717) is 5.82 Å². The molecule has 0 aliphatic heterocycles. The second-order valence-electron chi connectivity index (χ2n) is 5.21. The van der Waals surface area contributed by atoms with Gasteiger partial charge in [-0.1, -0.05) is 0 Å². The first-order valence-corrected chi connectivity index (χ1v) is 7.42. The van der Waals surface area contributed by atoms with Gasteiger partial charge in [0.15, 0.2) is 0 Å². The molecule has 0 aromatic carbocycles. The van der Waals surface area contributed by atoms with Crippen molar-refractivity contribution < 1.29 is 0 Å². The van der Waals surface area contributed by atoms with Crippen LogP contribution in [0.4, 0.5) is 5.82 Å². The third-order valence-corrected chi connectivity index (χ3v) is 5.10. The van der Waals surface area contributed by atoms with E-state index >= 15 is 0 Å². The molecule has 0 fully saturated rings. The molecule has 0 aliphatic rings. The lowest BCUT2D eigenvalue weighted by Gasteiger charge is -2.05. The lowest BCUT2D eigenvalue weighted by atomic mass is 10.2. The Balaban J connectivity index is 2.16. The summed E-state index contributed by atoms with van der Waals surface area (Å²) in [5.74, 6) is 0.563. The predicted molar refractivity (Wildman–Crippen MR) is 84.3 cm³/mol. The molecular formula is C15H18N4S. The van der Waals surface area contributed by atoms with Gasteiger partial charge < -0.3 is 10.3 Å². The molecule has 2 N–H and O–H groups in total. The monoisotopic (exact) mass is 286 g/mol. The highest BCUT2D eigenvalue weighted by Gasteiger charge is 2.15. The summed E-state index contributed by atoms with van der Waals surface area (Å²) in [6.07, 6.45) is 1.54. The third kappa shape index (κ3) is 1.89. The Morgan fingerprint density at radius 2 is 1.95 bits per heavy atom. The average Bonchev–Trinajstić information content (AvgIpc) is 2.84. The van der Waals surface area contributed by atoms with Gasteiger partial charge in [0.1, 0.15) is 17.8 Å². The van der Waals surface area contributed by atoms with Gasteiger partial charge in [0.05, 0.1) is 11.9 Å². The van der Waals surface area contributed by atoms with Gasteiger partial charge in [0.25, 0.3) is 0 Å². The normalized spacial score (nSPS) is 11.4. The van der Waals surface area contributed by atoms with E-state index in [1.54, 1.807) is 0 Å². The summed E-state index contributed by atoms with van der Waals surface area (Å²) in [7, 11) is 0. The van der Waals surface area contributed by atoms with Gasteiger partial charge in [0.2, 0.25) is 0 Å². The van der Waals surface area contributed by atoms with Crippen LogP contribution in [0.25, 0.3) is 11.0 Å². The van der Waals surface area contributed by atoms with E-state index in [4.69, 9.17) is 5.73 Å². The molecule has 0 atom stereocenters. The number of aryl methyl sites for hydroxylation is 3. The maximum Gasteiger partial charge on any atom is 0.146 e. The van der Waals surface area contributed by atoms with Crippen LogP contribution in [0.15, 0.2) is 12.4 Å². The molecule has 0 saturated heterocycles. The Morgan fingerprint density at radius 1 is 1.20 bits per heavy atom. The number of rotatable bonds is 2. The fraction of sp³-hybridized carbons (Fsp3) is 0.333. The zero-order chi connectivity index (χ0) is 14.4. The maximum absolute atomic E-state index is 6.00. The highest BCUT2D eigenvalue weighted by atomic mass is 32.1. The van der Waals surface area contributed by atoms with Crippen molar-refractivity contribution in [2.24, 2.45) is 0 Å². The lowest BCUT2D eigenvalue weighted by molar-refractivity contribution is 0.801. The maximum atomic E-state index is 6.00. The number of hydrogen-bond donors (Lipinski definition) is 1. The zero-order valence-corrected chi connectivity index (χ0v) is 13.0. The SMILES string of the molecule is Cc1cc(Cn2c(C)c(C)c3c(N)ncnc32)sc1C. The highest BCUT2D eigenvalue weighted by molar-refractivity contribution is 7.12. The first-order valence-electron chi connectivity index (χ1n) is 6.60. The second kappa shape index (κ2) is 4.59. The summed E-state index contributed by atoms with van der Waals surface area (Å²) in [5.41, 5.74) is 10.7. The Kier molecular flexibility index (Phi) is 3.01. The van der Waals surface area contributed by atoms with Crippen molar-refractivity contribution in [2.45, 2.75) is 34.2 Å². The zero-order valence-electron chi connectivity index (χ0n) is 12.2. The average molecular weight is 286 g/mol. The lowest BCUT2D eigenvalue weighted by Crippen LogP contribution is -2.02. The minimum absolute atomic E-state index is 0.563. The van der Waals surface area contributed by atoms with Crippen molar-refractivity contribution in [3.05, 3.63) is 39.0 Å². The molecule has 20 heavy (non-hydrogen) atoms. The number of nitrogens with two attached hydrogens (primary N) is 1. The number of hydrogen-bond acceptors (Lipinski definition) is 4. The van der Waals surface area contributed by atoms with Gasteiger partial charge >= 0.3 is 0 Å². The van der Waals surface area contributed by atoms with Crippen LogP contribution >= 0.6 is 11.3 Å². The second-order valence-corrected chi connectivity index (χ2v) is 6.55. The minimum atomic E-state index is 0.563. The Bertz CT molecular complexity index is 778. The van der Waals surface area contributed by atoms with Crippen molar-refractivity contribution in [3.63, 3.8) is 0 Å². The molecule has 0 aliphatic carbocycles. The van der Waals surface area contributed by atoms with E-state index in [-0.39, 0.29) is 0 Å². The summed E-state index contributed by atoms with van der Waals surface area (Å²) in [4.78, 5) is 11.2. The van der Waals surface area contributed by atoms with Gasteiger partial charge in [-0.25, -0.2) is 9.97 Å². The summed E-state index contributed by atoms with van der Waals surface area (Å²) in [6, 6.07) is 2.26. The smallest absolute Gasteiger partial charge is 0.146 e. The molecule has 5 heteroatoms. The van der Waals surface area contributed by atoms with Gasteiger partial charge in [-0.05, 0) is 44.9 Å².